The summed E-state index contributed by atoms with van der Waals surface area (Å²) >= 11 is 3.64. The fourth-order valence-corrected chi connectivity index (χ4v) is 3.75. The van der Waals surface area contributed by atoms with Crippen molar-refractivity contribution in [1.29, 1.82) is 0 Å². The lowest BCUT2D eigenvalue weighted by atomic mass is 9.89. The van der Waals surface area contributed by atoms with E-state index < -0.39 is 0 Å². The zero-order chi connectivity index (χ0) is 11.4. The van der Waals surface area contributed by atoms with Crippen molar-refractivity contribution in [3.05, 3.63) is 0 Å². The molecule has 2 rings (SSSR count). The van der Waals surface area contributed by atoms with E-state index in [1.165, 1.54) is 56.9 Å². The molecule has 0 bridgehead atoms. The average Bonchev–Trinajstić information content (AvgIpc) is 2.39. The Labute approximate surface area is 108 Å². The van der Waals surface area contributed by atoms with Gasteiger partial charge in [0.25, 0.3) is 0 Å². The van der Waals surface area contributed by atoms with Crippen LogP contribution in [0.5, 0.6) is 0 Å². The van der Waals surface area contributed by atoms with E-state index in [4.69, 9.17) is 4.74 Å². The molecule has 94 valence electrons. The maximum Gasteiger partial charge on any atom is 0.0586 e. The van der Waals surface area contributed by atoms with Gasteiger partial charge in [-0.3, -0.25) is 4.90 Å². The van der Waals surface area contributed by atoms with Gasteiger partial charge in [-0.25, -0.2) is 0 Å². The van der Waals surface area contributed by atoms with Crippen LogP contribution in [0.1, 0.15) is 38.5 Å². The Morgan fingerprint density at radius 2 is 2.12 bits per heavy atom. The monoisotopic (exact) mass is 289 g/mol. The highest BCUT2D eigenvalue weighted by molar-refractivity contribution is 9.09. The Morgan fingerprint density at radius 1 is 1.25 bits per heavy atom. The summed E-state index contributed by atoms with van der Waals surface area (Å²) in [6, 6.07) is 0.792. The van der Waals surface area contributed by atoms with Crippen molar-refractivity contribution in [2.75, 3.05) is 25.5 Å². The fourth-order valence-electron chi connectivity index (χ4n) is 3.22. The van der Waals surface area contributed by atoms with E-state index in [0.29, 0.717) is 6.10 Å². The van der Waals surface area contributed by atoms with E-state index in [9.17, 15) is 0 Å². The van der Waals surface area contributed by atoms with Gasteiger partial charge in [-0.1, -0.05) is 15.9 Å². The molecule has 0 aromatic heterocycles. The van der Waals surface area contributed by atoms with Crippen LogP contribution in [0.15, 0.2) is 0 Å². The summed E-state index contributed by atoms with van der Waals surface area (Å²) < 4.78 is 5.53. The lowest BCUT2D eigenvalue weighted by molar-refractivity contribution is 0.0168. The Kier molecular flexibility index (Phi) is 5.11. The predicted molar refractivity (Wildman–Crippen MR) is 71.1 cm³/mol. The molecule has 1 heterocycles. The molecule has 1 saturated heterocycles. The molecule has 0 spiro atoms. The van der Waals surface area contributed by atoms with Gasteiger partial charge in [-0.15, -0.1) is 0 Å². The lowest BCUT2D eigenvalue weighted by Gasteiger charge is -2.41. The number of likely N-dealkylation sites (tertiary alicyclic amines) is 1. The van der Waals surface area contributed by atoms with Crippen molar-refractivity contribution in [1.82, 2.24) is 4.90 Å². The average molecular weight is 290 g/mol. The van der Waals surface area contributed by atoms with Gasteiger partial charge < -0.3 is 4.74 Å². The molecule has 3 unspecified atom stereocenters. The quantitative estimate of drug-likeness (QED) is 0.741. The molecule has 2 fully saturated rings. The van der Waals surface area contributed by atoms with E-state index >= 15 is 0 Å². The summed E-state index contributed by atoms with van der Waals surface area (Å²) in [5.74, 6) is 0.872. The SMILES string of the molecule is COC1CCCC(N2CCCC(CBr)C2)C1. The molecule has 16 heavy (non-hydrogen) atoms. The van der Waals surface area contributed by atoms with Gasteiger partial charge in [0.05, 0.1) is 6.10 Å². The van der Waals surface area contributed by atoms with Crippen molar-refractivity contribution in [3.63, 3.8) is 0 Å². The molecular weight excluding hydrogens is 266 g/mol. The van der Waals surface area contributed by atoms with Crippen LogP contribution in [-0.2, 0) is 4.74 Å². The van der Waals surface area contributed by atoms with Crippen molar-refractivity contribution in [2.24, 2.45) is 5.92 Å². The molecule has 0 amide bonds. The van der Waals surface area contributed by atoms with E-state index in [-0.39, 0.29) is 0 Å². The zero-order valence-electron chi connectivity index (χ0n) is 10.3. The van der Waals surface area contributed by atoms with Gasteiger partial charge in [-0.2, -0.15) is 0 Å². The third-order valence-corrected chi connectivity index (χ3v) is 5.13. The highest BCUT2D eigenvalue weighted by Gasteiger charge is 2.29. The summed E-state index contributed by atoms with van der Waals surface area (Å²) in [6.07, 6.45) is 8.55. The number of ether oxygens (including phenoxy) is 1. The third-order valence-electron chi connectivity index (χ3n) is 4.22. The van der Waals surface area contributed by atoms with E-state index in [1.54, 1.807) is 0 Å². The van der Waals surface area contributed by atoms with Crippen LogP contribution in [0.3, 0.4) is 0 Å². The van der Waals surface area contributed by atoms with Crippen LogP contribution < -0.4 is 0 Å². The van der Waals surface area contributed by atoms with Crippen LogP contribution in [0.2, 0.25) is 0 Å². The van der Waals surface area contributed by atoms with Crippen LogP contribution in [-0.4, -0.2) is 42.6 Å². The Morgan fingerprint density at radius 3 is 2.88 bits per heavy atom. The van der Waals surface area contributed by atoms with E-state index in [0.717, 1.165) is 12.0 Å². The van der Waals surface area contributed by atoms with Gasteiger partial charge in [0.2, 0.25) is 0 Å². The minimum Gasteiger partial charge on any atom is -0.381 e. The van der Waals surface area contributed by atoms with Crippen LogP contribution >= 0.6 is 15.9 Å². The minimum atomic E-state index is 0.517. The Balaban J connectivity index is 1.85. The molecule has 1 saturated carbocycles. The lowest BCUT2D eigenvalue weighted by Crippen LogP contribution is -2.46. The second-order valence-corrected chi connectivity index (χ2v) is 5.98. The van der Waals surface area contributed by atoms with Gasteiger partial charge in [0.15, 0.2) is 0 Å². The van der Waals surface area contributed by atoms with Crippen molar-refractivity contribution < 1.29 is 4.74 Å². The number of alkyl halides is 1. The Bertz CT molecular complexity index is 190. The number of rotatable bonds is 3. The van der Waals surface area contributed by atoms with Crippen LogP contribution in [0.25, 0.3) is 0 Å². The molecule has 2 aliphatic rings. The first-order chi connectivity index (χ1) is 7.83. The van der Waals surface area contributed by atoms with Crippen molar-refractivity contribution in [2.45, 2.75) is 50.7 Å². The molecule has 0 aromatic rings. The highest BCUT2D eigenvalue weighted by atomic mass is 79.9. The fraction of sp³-hybridized carbons (Fsp3) is 1.00. The standard InChI is InChI=1S/C13H24BrNO/c1-16-13-6-2-5-12(8-13)15-7-3-4-11(9-14)10-15/h11-13H,2-10H2,1H3. The second-order valence-electron chi connectivity index (χ2n) is 5.34. The maximum absolute atomic E-state index is 5.53. The molecule has 3 atom stereocenters. The van der Waals surface area contributed by atoms with Gasteiger partial charge in [0.1, 0.15) is 0 Å². The number of piperidine rings is 1. The zero-order valence-corrected chi connectivity index (χ0v) is 11.9. The number of nitrogens with zero attached hydrogens (tertiary/aromatic N) is 1. The second kappa shape index (κ2) is 6.36. The molecule has 0 radical (unpaired) electrons. The highest BCUT2D eigenvalue weighted by Crippen LogP contribution is 2.28. The molecule has 1 aliphatic heterocycles. The summed E-state index contributed by atoms with van der Waals surface area (Å²) in [5.41, 5.74) is 0. The van der Waals surface area contributed by atoms with E-state index in [1.807, 2.05) is 7.11 Å². The first kappa shape index (κ1) is 12.8. The van der Waals surface area contributed by atoms with Crippen LogP contribution in [0, 0.1) is 5.92 Å². The molecule has 1 aliphatic carbocycles. The van der Waals surface area contributed by atoms with Crippen molar-refractivity contribution in [3.8, 4) is 0 Å². The number of hydrogen-bond acceptors (Lipinski definition) is 2. The normalized spacial score (nSPS) is 37.5. The molecule has 3 heteroatoms. The number of halogens is 1. The summed E-state index contributed by atoms with van der Waals surface area (Å²) in [4.78, 5) is 2.72. The Hall–Kier alpha value is 0.400. The predicted octanol–water partition coefficient (Wildman–Crippen LogP) is 3.05. The largest absolute Gasteiger partial charge is 0.381 e. The first-order valence-corrected chi connectivity index (χ1v) is 7.78. The van der Waals surface area contributed by atoms with Crippen LogP contribution in [0.4, 0.5) is 0 Å². The smallest absolute Gasteiger partial charge is 0.0586 e. The first-order valence-electron chi connectivity index (χ1n) is 6.66. The minimum absolute atomic E-state index is 0.517. The summed E-state index contributed by atoms with van der Waals surface area (Å²) in [5, 5.41) is 1.17. The van der Waals surface area contributed by atoms with Gasteiger partial charge >= 0.3 is 0 Å². The summed E-state index contributed by atoms with van der Waals surface area (Å²) in [6.45, 7) is 2.61. The van der Waals surface area contributed by atoms with Gasteiger partial charge in [-0.05, 0) is 51.0 Å². The summed E-state index contributed by atoms with van der Waals surface area (Å²) in [7, 11) is 1.87. The molecular formula is C13H24BrNO. The van der Waals surface area contributed by atoms with Gasteiger partial charge in [0, 0.05) is 25.0 Å². The molecule has 0 N–H and O–H groups in total. The number of hydrogen-bond donors (Lipinski definition) is 0. The maximum atomic E-state index is 5.53. The van der Waals surface area contributed by atoms with E-state index in [2.05, 4.69) is 20.8 Å². The molecule has 2 nitrogen and oxygen atoms in total. The topological polar surface area (TPSA) is 12.5 Å². The third kappa shape index (κ3) is 3.21. The van der Waals surface area contributed by atoms with Crippen molar-refractivity contribution >= 4 is 15.9 Å². The number of methoxy groups -OCH3 is 1. The molecule has 0 aromatic carbocycles.